The van der Waals surface area contributed by atoms with Crippen LogP contribution in [0, 0.1) is 11.8 Å². The molecular formula is C14H26N2O4. The van der Waals surface area contributed by atoms with Crippen molar-refractivity contribution < 1.29 is 19.8 Å². The van der Waals surface area contributed by atoms with Gasteiger partial charge >= 0.3 is 12.0 Å². The van der Waals surface area contributed by atoms with Crippen molar-refractivity contribution in [2.24, 2.45) is 11.8 Å². The number of nitrogens with one attached hydrogen (secondary N) is 2. The van der Waals surface area contributed by atoms with Crippen LogP contribution in [0.15, 0.2) is 0 Å². The molecule has 0 saturated heterocycles. The van der Waals surface area contributed by atoms with Crippen LogP contribution in [-0.4, -0.2) is 40.4 Å². The number of rotatable bonds is 5. The predicted octanol–water partition coefficient (Wildman–Crippen LogP) is 1.34. The third-order valence-electron chi connectivity index (χ3n) is 4.19. The Morgan fingerprint density at radius 1 is 1.30 bits per heavy atom. The average molecular weight is 286 g/mol. The summed E-state index contributed by atoms with van der Waals surface area (Å²) in [6.07, 6.45) is 2.86. The summed E-state index contributed by atoms with van der Waals surface area (Å²) in [6, 6.07) is -0.204. The third-order valence-corrected chi connectivity index (χ3v) is 4.19. The fourth-order valence-electron chi connectivity index (χ4n) is 2.66. The number of aliphatic carboxylic acids is 1. The molecular weight excluding hydrogens is 260 g/mol. The highest BCUT2D eigenvalue weighted by atomic mass is 16.4. The van der Waals surface area contributed by atoms with Crippen LogP contribution in [0.2, 0.25) is 0 Å². The molecule has 116 valence electrons. The largest absolute Gasteiger partial charge is 0.481 e. The summed E-state index contributed by atoms with van der Waals surface area (Å²) in [5.74, 6) is -0.0786. The molecule has 1 rings (SSSR count). The maximum absolute atomic E-state index is 11.8. The fraction of sp³-hybridized carbons (Fsp3) is 0.857. The van der Waals surface area contributed by atoms with Gasteiger partial charge in [0.25, 0.3) is 0 Å². The minimum Gasteiger partial charge on any atom is -0.481 e. The molecule has 0 aromatic heterocycles. The second-order valence-corrected chi connectivity index (χ2v) is 6.27. The molecule has 0 aromatic carbocycles. The lowest BCUT2D eigenvalue weighted by molar-refractivity contribution is -0.141. The monoisotopic (exact) mass is 286 g/mol. The number of carbonyl (C=O) groups excluding carboxylic acids is 1. The van der Waals surface area contributed by atoms with E-state index in [2.05, 4.69) is 24.5 Å². The third kappa shape index (κ3) is 5.36. The second kappa shape index (κ2) is 6.92. The van der Waals surface area contributed by atoms with Crippen molar-refractivity contribution in [1.29, 1.82) is 0 Å². The first-order valence-electron chi connectivity index (χ1n) is 7.20. The Morgan fingerprint density at radius 3 is 2.55 bits per heavy atom. The van der Waals surface area contributed by atoms with Crippen LogP contribution < -0.4 is 10.6 Å². The van der Waals surface area contributed by atoms with Crippen LogP contribution in [0.1, 0.15) is 46.5 Å². The van der Waals surface area contributed by atoms with E-state index in [-0.39, 0.29) is 18.6 Å². The molecule has 0 aromatic rings. The summed E-state index contributed by atoms with van der Waals surface area (Å²) < 4.78 is 0. The van der Waals surface area contributed by atoms with Gasteiger partial charge in [0.2, 0.25) is 0 Å². The zero-order valence-corrected chi connectivity index (χ0v) is 12.5. The topological polar surface area (TPSA) is 98.7 Å². The first-order chi connectivity index (χ1) is 9.21. The fourth-order valence-corrected chi connectivity index (χ4v) is 2.66. The van der Waals surface area contributed by atoms with E-state index in [1.165, 1.54) is 13.3 Å². The smallest absolute Gasteiger partial charge is 0.315 e. The normalized spacial score (nSPS) is 29.3. The van der Waals surface area contributed by atoms with Crippen molar-refractivity contribution in [1.82, 2.24) is 10.6 Å². The molecule has 2 amide bonds. The van der Waals surface area contributed by atoms with Gasteiger partial charge in [-0.2, -0.15) is 0 Å². The Kier molecular flexibility index (Phi) is 5.80. The Morgan fingerprint density at radius 2 is 1.95 bits per heavy atom. The standard InChI is InChI=1S/C14H26N2O4/c1-9-5-4-6-11(10(9)2)16-13(19)15-8-14(3,20)7-12(17)18/h9-11,20H,4-8H2,1-3H3,(H,17,18)(H2,15,16,19). The highest BCUT2D eigenvalue weighted by Crippen LogP contribution is 2.29. The molecule has 1 fully saturated rings. The number of carboxylic acid groups (broad SMARTS) is 1. The minimum absolute atomic E-state index is 0.0816. The maximum atomic E-state index is 11.8. The molecule has 6 nitrogen and oxygen atoms in total. The van der Waals surface area contributed by atoms with Crippen molar-refractivity contribution in [2.45, 2.75) is 58.1 Å². The maximum Gasteiger partial charge on any atom is 0.315 e. The van der Waals surface area contributed by atoms with E-state index in [0.717, 1.165) is 12.8 Å². The molecule has 1 saturated carbocycles. The number of carbonyl (C=O) groups is 2. The molecule has 0 radical (unpaired) electrons. The van der Waals surface area contributed by atoms with E-state index in [9.17, 15) is 14.7 Å². The number of amides is 2. The zero-order valence-electron chi connectivity index (χ0n) is 12.5. The molecule has 20 heavy (non-hydrogen) atoms. The van der Waals surface area contributed by atoms with E-state index in [1.807, 2.05) is 0 Å². The molecule has 1 aliphatic carbocycles. The molecule has 4 atom stereocenters. The lowest BCUT2D eigenvalue weighted by atomic mass is 9.78. The van der Waals surface area contributed by atoms with Gasteiger partial charge < -0.3 is 20.8 Å². The van der Waals surface area contributed by atoms with E-state index in [0.29, 0.717) is 11.8 Å². The lowest BCUT2D eigenvalue weighted by Gasteiger charge is -2.34. The summed E-state index contributed by atoms with van der Waals surface area (Å²) in [6.45, 7) is 5.64. The van der Waals surface area contributed by atoms with E-state index in [1.54, 1.807) is 0 Å². The SMILES string of the molecule is CC1CCCC(NC(=O)NCC(C)(O)CC(=O)O)C1C. The Labute approximate surface area is 119 Å². The summed E-state index contributed by atoms with van der Waals surface area (Å²) in [7, 11) is 0. The van der Waals surface area contributed by atoms with Gasteiger partial charge in [-0.3, -0.25) is 4.79 Å². The van der Waals surface area contributed by atoms with E-state index >= 15 is 0 Å². The van der Waals surface area contributed by atoms with Crippen molar-refractivity contribution >= 4 is 12.0 Å². The Balaban J connectivity index is 2.38. The summed E-state index contributed by atoms with van der Waals surface area (Å²) in [5, 5.41) is 23.9. The van der Waals surface area contributed by atoms with Crippen molar-refractivity contribution in [3.8, 4) is 0 Å². The molecule has 4 unspecified atom stereocenters. The van der Waals surface area contributed by atoms with Crippen molar-refractivity contribution in [3.05, 3.63) is 0 Å². The van der Waals surface area contributed by atoms with Crippen LogP contribution in [0.25, 0.3) is 0 Å². The van der Waals surface area contributed by atoms with Crippen molar-refractivity contribution in [3.63, 3.8) is 0 Å². The molecule has 0 spiro atoms. The van der Waals surface area contributed by atoms with Gasteiger partial charge in [0.1, 0.15) is 0 Å². The van der Waals surface area contributed by atoms with Gasteiger partial charge in [-0.15, -0.1) is 0 Å². The van der Waals surface area contributed by atoms with Crippen LogP contribution in [0.3, 0.4) is 0 Å². The number of hydrogen-bond acceptors (Lipinski definition) is 3. The van der Waals surface area contributed by atoms with Crippen LogP contribution in [0.4, 0.5) is 4.79 Å². The van der Waals surface area contributed by atoms with Gasteiger partial charge in [-0.05, 0) is 25.2 Å². The molecule has 0 aliphatic heterocycles. The summed E-state index contributed by atoms with van der Waals surface area (Å²) in [4.78, 5) is 22.4. The van der Waals surface area contributed by atoms with Gasteiger partial charge in [-0.1, -0.05) is 26.7 Å². The second-order valence-electron chi connectivity index (χ2n) is 6.27. The Bertz CT molecular complexity index is 357. The molecule has 0 heterocycles. The minimum atomic E-state index is -1.44. The molecule has 4 N–H and O–H groups in total. The van der Waals surface area contributed by atoms with Crippen LogP contribution in [0.5, 0.6) is 0 Å². The quantitative estimate of drug-likeness (QED) is 0.613. The van der Waals surface area contributed by atoms with Crippen LogP contribution >= 0.6 is 0 Å². The predicted molar refractivity (Wildman–Crippen MR) is 75.4 cm³/mol. The highest BCUT2D eigenvalue weighted by Gasteiger charge is 2.29. The highest BCUT2D eigenvalue weighted by molar-refractivity contribution is 5.74. The summed E-state index contributed by atoms with van der Waals surface area (Å²) in [5.41, 5.74) is -1.44. The Hall–Kier alpha value is -1.30. The molecule has 6 heteroatoms. The average Bonchev–Trinajstić information content (AvgIpc) is 2.31. The van der Waals surface area contributed by atoms with Gasteiger partial charge in [0, 0.05) is 12.6 Å². The van der Waals surface area contributed by atoms with E-state index < -0.39 is 18.0 Å². The molecule has 1 aliphatic rings. The van der Waals surface area contributed by atoms with Crippen LogP contribution in [-0.2, 0) is 4.79 Å². The molecule has 0 bridgehead atoms. The van der Waals surface area contributed by atoms with E-state index in [4.69, 9.17) is 5.11 Å². The van der Waals surface area contributed by atoms with Crippen molar-refractivity contribution in [2.75, 3.05) is 6.54 Å². The number of carboxylic acids is 1. The van der Waals surface area contributed by atoms with Gasteiger partial charge in [0.05, 0.1) is 12.0 Å². The summed E-state index contributed by atoms with van der Waals surface area (Å²) >= 11 is 0. The number of urea groups is 1. The number of aliphatic hydroxyl groups is 1. The lowest BCUT2D eigenvalue weighted by Crippen LogP contribution is -2.51. The number of hydrogen-bond donors (Lipinski definition) is 4. The zero-order chi connectivity index (χ0) is 15.3. The first kappa shape index (κ1) is 16.8. The van der Waals surface area contributed by atoms with Gasteiger partial charge in [0.15, 0.2) is 0 Å². The van der Waals surface area contributed by atoms with Gasteiger partial charge in [-0.25, -0.2) is 4.79 Å². The first-order valence-corrected chi connectivity index (χ1v) is 7.20.